The lowest BCUT2D eigenvalue weighted by atomic mass is 10.1. The van der Waals surface area contributed by atoms with E-state index in [4.69, 9.17) is 0 Å². The first-order valence-corrected chi connectivity index (χ1v) is 8.60. The van der Waals surface area contributed by atoms with Crippen molar-refractivity contribution in [2.45, 2.75) is 29.7 Å². The molecule has 1 N–H and O–H groups in total. The minimum absolute atomic E-state index is 0. The third kappa shape index (κ3) is 4.81. The molecule has 2 aliphatic rings. The van der Waals surface area contributed by atoms with Crippen molar-refractivity contribution < 1.29 is 13.6 Å². The van der Waals surface area contributed by atoms with Gasteiger partial charge in [0.1, 0.15) is 0 Å². The van der Waals surface area contributed by atoms with Crippen molar-refractivity contribution in [3.8, 4) is 0 Å². The van der Waals surface area contributed by atoms with E-state index in [1.54, 1.807) is 16.7 Å². The fourth-order valence-corrected chi connectivity index (χ4v) is 4.06. The summed E-state index contributed by atoms with van der Waals surface area (Å²) >= 11 is 1.79. The number of thioether (sulfide) groups is 1. The monoisotopic (exact) mass is 362 g/mol. The van der Waals surface area contributed by atoms with E-state index < -0.39 is 12.0 Å². The van der Waals surface area contributed by atoms with E-state index in [-0.39, 0.29) is 31.3 Å². The van der Waals surface area contributed by atoms with Gasteiger partial charge >= 0.3 is 0 Å². The Bertz CT molecular complexity index is 532. The third-order valence-corrected chi connectivity index (χ3v) is 5.48. The number of nitrogens with zero attached hydrogens (tertiary/aromatic N) is 1. The number of hydrogen-bond donors (Lipinski definition) is 1. The van der Waals surface area contributed by atoms with Crippen molar-refractivity contribution in [2.75, 3.05) is 25.4 Å². The van der Waals surface area contributed by atoms with Crippen LogP contribution in [-0.2, 0) is 4.79 Å². The van der Waals surface area contributed by atoms with Crippen LogP contribution < -0.4 is 5.32 Å². The third-order valence-electron chi connectivity index (χ3n) is 4.23. The first-order valence-electron chi connectivity index (χ1n) is 7.61. The van der Waals surface area contributed by atoms with Crippen molar-refractivity contribution in [3.05, 3.63) is 30.3 Å². The summed E-state index contributed by atoms with van der Waals surface area (Å²) in [5.74, 6) is -1.51. The molecule has 2 fully saturated rings. The predicted molar refractivity (Wildman–Crippen MR) is 90.5 cm³/mol. The van der Waals surface area contributed by atoms with E-state index in [1.165, 1.54) is 4.90 Å². The van der Waals surface area contributed by atoms with Crippen molar-refractivity contribution in [2.24, 2.45) is 5.92 Å². The van der Waals surface area contributed by atoms with Crippen LogP contribution in [0.1, 0.15) is 12.8 Å². The number of amides is 1. The van der Waals surface area contributed by atoms with Crippen LogP contribution in [0.5, 0.6) is 0 Å². The second-order valence-electron chi connectivity index (χ2n) is 6.06. The van der Waals surface area contributed by atoms with Crippen LogP contribution in [-0.4, -0.2) is 48.2 Å². The van der Waals surface area contributed by atoms with E-state index in [0.717, 1.165) is 12.2 Å². The van der Waals surface area contributed by atoms with E-state index in [2.05, 4.69) is 17.4 Å². The molecule has 0 saturated carbocycles. The average Bonchev–Trinajstić information content (AvgIpc) is 3.12. The molecule has 128 valence electrons. The summed E-state index contributed by atoms with van der Waals surface area (Å²) in [7, 11) is 0. The Morgan fingerprint density at radius 3 is 2.74 bits per heavy atom. The standard InChI is InChI=1S/C16H20F2N2OS.ClH/c17-16(18)8-14(19-11-16)15(21)20-7-6-12(9-20)10-22-13-4-2-1-3-5-13;/h1-5,12,14,19H,6-11H2;1H. The lowest BCUT2D eigenvalue weighted by Gasteiger charge is -2.20. The van der Waals surface area contributed by atoms with Crippen LogP contribution in [0.3, 0.4) is 0 Å². The molecule has 1 aromatic carbocycles. The molecular formula is C16H21ClF2N2OS. The minimum Gasteiger partial charge on any atom is -0.341 e. The molecular weight excluding hydrogens is 342 g/mol. The smallest absolute Gasteiger partial charge is 0.262 e. The second-order valence-corrected chi connectivity index (χ2v) is 7.15. The van der Waals surface area contributed by atoms with Gasteiger partial charge in [-0.15, -0.1) is 24.2 Å². The fourth-order valence-electron chi connectivity index (χ4n) is 3.01. The zero-order valence-corrected chi connectivity index (χ0v) is 14.3. The summed E-state index contributed by atoms with van der Waals surface area (Å²) in [4.78, 5) is 15.3. The second kappa shape index (κ2) is 7.81. The Labute approximate surface area is 145 Å². The molecule has 2 saturated heterocycles. The largest absolute Gasteiger partial charge is 0.341 e. The van der Waals surface area contributed by atoms with Gasteiger partial charge in [-0.2, -0.15) is 0 Å². The maximum Gasteiger partial charge on any atom is 0.262 e. The van der Waals surface area contributed by atoms with Gasteiger partial charge in [0.2, 0.25) is 5.91 Å². The molecule has 0 aliphatic carbocycles. The van der Waals surface area contributed by atoms with Crippen LogP contribution in [0.4, 0.5) is 8.78 Å². The van der Waals surface area contributed by atoms with E-state index in [9.17, 15) is 13.6 Å². The number of alkyl halides is 2. The van der Waals surface area contributed by atoms with Crippen LogP contribution in [0.25, 0.3) is 0 Å². The molecule has 2 heterocycles. The minimum atomic E-state index is -2.75. The van der Waals surface area contributed by atoms with E-state index in [0.29, 0.717) is 19.0 Å². The number of halogens is 3. The average molecular weight is 363 g/mol. The van der Waals surface area contributed by atoms with Gasteiger partial charge in [-0.1, -0.05) is 18.2 Å². The number of hydrogen-bond acceptors (Lipinski definition) is 3. The molecule has 2 aliphatic heterocycles. The van der Waals surface area contributed by atoms with Gasteiger partial charge in [0.05, 0.1) is 12.6 Å². The molecule has 0 bridgehead atoms. The summed E-state index contributed by atoms with van der Waals surface area (Å²) in [6.07, 6.45) is 0.584. The highest BCUT2D eigenvalue weighted by atomic mass is 35.5. The summed E-state index contributed by atoms with van der Waals surface area (Å²) in [5.41, 5.74) is 0. The maximum absolute atomic E-state index is 13.2. The van der Waals surface area contributed by atoms with Gasteiger partial charge in [-0.25, -0.2) is 8.78 Å². The van der Waals surface area contributed by atoms with Gasteiger partial charge in [-0.05, 0) is 24.5 Å². The summed E-state index contributed by atoms with van der Waals surface area (Å²) < 4.78 is 26.4. The summed E-state index contributed by atoms with van der Waals surface area (Å²) in [6.45, 7) is 0.982. The Hall–Kier alpha value is -0.850. The molecule has 2 atom stereocenters. The van der Waals surface area contributed by atoms with Crippen molar-refractivity contribution in [1.82, 2.24) is 10.2 Å². The normalized spacial score (nSPS) is 26.1. The summed E-state index contributed by atoms with van der Waals surface area (Å²) in [6, 6.07) is 9.46. The molecule has 3 nitrogen and oxygen atoms in total. The van der Waals surface area contributed by atoms with Gasteiger partial charge in [0.25, 0.3) is 5.92 Å². The lowest BCUT2D eigenvalue weighted by Crippen LogP contribution is -2.42. The molecule has 1 amide bonds. The van der Waals surface area contributed by atoms with E-state index in [1.807, 2.05) is 18.2 Å². The van der Waals surface area contributed by atoms with Gasteiger partial charge < -0.3 is 4.90 Å². The lowest BCUT2D eigenvalue weighted by molar-refractivity contribution is -0.132. The Morgan fingerprint density at radius 1 is 1.35 bits per heavy atom. The zero-order valence-electron chi connectivity index (χ0n) is 12.7. The SMILES string of the molecule is Cl.O=C(C1CC(F)(F)CN1)N1CCC(CSc2ccccc2)C1. The first kappa shape index (κ1) is 18.5. The Balaban J connectivity index is 0.00000192. The van der Waals surface area contributed by atoms with Crippen LogP contribution in [0, 0.1) is 5.92 Å². The quantitative estimate of drug-likeness (QED) is 0.835. The Kier molecular flexibility index (Phi) is 6.28. The predicted octanol–water partition coefficient (Wildman–Crippen LogP) is 3.05. The molecule has 7 heteroatoms. The van der Waals surface area contributed by atoms with Crippen molar-refractivity contribution in [3.63, 3.8) is 0 Å². The fraction of sp³-hybridized carbons (Fsp3) is 0.562. The molecule has 1 aromatic rings. The molecule has 0 aromatic heterocycles. The van der Waals surface area contributed by atoms with E-state index >= 15 is 0 Å². The van der Waals surface area contributed by atoms with Crippen LogP contribution >= 0.6 is 24.2 Å². The van der Waals surface area contributed by atoms with Crippen molar-refractivity contribution >= 4 is 30.1 Å². The number of nitrogens with one attached hydrogen (secondary N) is 1. The molecule has 0 radical (unpaired) electrons. The van der Waals surface area contributed by atoms with Gasteiger partial charge in [-0.3, -0.25) is 10.1 Å². The Morgan fingerprint density at radius 2 is 2.09 bits per heavy atom. The van der Waals surface area contributed by atoms with Crippen LogP contribution in [0.2, 0.25) is 0 Å². The molecule has 23 heavy (non-hydrogen) atoms. The number of rotatable bonds is 4. The van der Waals surface area contributed by atoms with Gasteiger partial charge in [0.15, 0.2) is 0 Å². The molecule has 2 unspecified atom stereocenters. The number of likely N-dealkylation sites (tertiary alicyclic amines) is 1. The zero-order chi connectivity index (χ0) is 15.6. The maximum atomic E-state index is 13.2. The highest BCUT2D eigenvalue weighted by molar-refractivity contribution is 7.99. The molecule has 3 rings (SSSR count). The van der Waals surface area contributed by atoms with Crippen molar-refractivity contribution in [1.29, 1.82) is 0 Å². The number of carbonyl (C=O) groups is 1. The highest BCUT2D eigenvalue weighted by Gasteiger charge is 2.44. The molecule has 0 spiro atoms. The first-order chi connectivity index (χ1) is 10.5. The topological polar surface area (TPSA) is 32.3 Å². The van der Waals surface area contributed by atoms with Crippen LogP contribution in [0.15, 0.2) is 35.2 Å². The van der Waals surface area contributed by atoms with Gasteiger partial charge in [0, 0.05) is 30.2 Å². The number of carbonyl (C=O) groups excluding carboxylic acids is 1. The number of benzene rings is 1. The summed E-state index contributed by atoms with van der Waals surface area (Å²) in [5, 5.41) is 2.65. The highest BCUT2D eigenvalue weighted by Crippen LogP contribution is 2.29.